The first-order valence-electron chi connectivity index (χ1n) is 7.53. The van der Waals surface area contributed by atoms with Gasteiger partial charge in [-0.3, -0.25) is 4.99 Å². The molecule has 0 radical (unpaired) electrons. The number of benzene rings is 1. The van der Waals surface area contributed by atoms with Gasteiger partial charge >= 0.3 is 0 Å². The van der Waals surface area contributed by atoms with Gasteiger partial charge < -0.3 is 11.1 Å². The van der Waals surface area contributed by atoms with Crippen LogP contribution in [0.3, 0.4) is 0 Å². The maximum Gasteiger partial charge on any atom is 0.194 e. The molecule has 1 aromatic carbocycles. The molecule has 0 spiro atoms. The molecule has 0 unspecified atom stereocenters. The van der Waals surface area contributed by atoms with Gasteiger partial charge in [-0.1, -0.05) is 18.6 Å². The van der Waals surface area contributed by atoms with Gasteiger partial charge in [0.15, 0.2) is 5.96 Å². The summed E-state index contributed by atoms with van der Waals surface area (Å²) in [5.74, 6) is -0.271. The monoisotopic (exact) mass is 316 g/mol. The minimum Gasteiger partial charge on any atom is -0.370 e. The second-order valence-corrected chi connectivity index (χ2v) is 5.77. The Balaban J connectivity index is 1.78. The van der Waals surface area contributed by atoms with E-state index in [4.69, 9.17) is 5.73 Å². The van der Waals surface area contributed by atoms with Gasteiger partial charge in [0, 0.05) is 17.2 Å². The molecule has 23 heavy (non-hydrogen) atoms. The fourth-order valence-corrected chi connectivity index (χ4v) is 2.94. The van der Waals surface area contributed by atoms with E-state index in [1.807, 2.05) is 6.07 Å². The average molecular weight is 316 g/mol. The molecular formula is C17H18F2N4. The average Bonchev–Trinajstić information content (AvgIpc) is 2.49. The Hall–Kier alpha value is -2.50. The first-order valence-corrected chi connectivity index (χ1v) is 7.53. The predicted octanol–water partition coefficient (Wildman–Crippen LogP) is 3.21. The topological polar surface area (TPSA) is 63.3 Å². The second kappa shape index (κ2) is 6.32. The van der Waals surface area contributed by atoms with Crippen molar-refractivity contribution in [1.82, 2.24) is 4.98 Å². The van der Waals surface area contributed by atoms with Crippen LogP contribution in [0, 0.1) is 11.6 Å². The number of guanidine groups is 1. The van der Waals surface area contributed by atoms with Crippen molar-refractivity contribution in [2.24, 2.45) is 10.7 Å². The van der Waals surface area contributed by atoms with E-state index in [0.29, 0.717) is 18.7 Å². The van der Waals surface area contributed by atoms with Crippen molar-refractivity contribution < 1.29 is 8.78 Å². The molecule has 1 heterocycles. The molecule has 2 aromatic rings. The van der Waals surface area contributed by atoms with Crippen molar-refractivity contribution in [2.75, 3.05) is 11.9 Å². The highest BCUT2D eigenvalue weighted by molar-refractivity contribution is 5.91. The summed E-state index contributed by atoms with van der Waals surface area (Å²) >= 11 is 0. The van der Waals surface area contributed by atoms with Gasteiger partial charge in [0.1, 0.15) is 17.5 Å². The van der Waals surface area contributed by atoms with Crippen LogP contribution in [0.15, 0.2) is 47.6 Å². The second-order valence-electron chi connectivity index (χ2n) is 5.77. The lowest BCUT2D eigenvalue weighted by Crippen LogP contribution is -2.40. The number of nitrogens with two attached hydrogens (primary N) is 1. The SMILES string of the molecule is NC(=NCC1(c2c(F)cccc2F)CCC1)Nc1ccccn1. The standard InChI is InChI=1S/C17H18F2N4/c18-12-5-3-6-13(19)15(12)17(8-4-9-17)11-22-16(20)23-14-7-1-2-10-21-14/h1-3,5-7,10H,4,8-9,11H2,(H3,20,21,22,23). The lowest BCUT2D eigenvalue weighted by molar-refractivity contribution is 0.236. The summed E-state index contributed by atoms with van der Waals surface area (Å²) < 4.78 is 28.2. The molecule has 1 aliphatic rings. The van der Waals surface area contributed by atoms with Crippen LogP contribution >= 0.6 is 0 Å². The van der Waals surface area contributed by atoms with Gasteiger partial charge in [0.25, 0.3) is 0 Å². The predicted molar refractivity (Wildman–Crippen MR) is 86.2 cm³/mol. The van der Waals surface area contributed by atoms with Gasteiger partial charge in [-0.05, 0) is 37.1 Å². The van der Waals surface area contributed by atoms with E-state index in [-0.39, 0.29) is 18.1 Å². The van der Waals surface area contributed by atoms with Crippen LogP contribution in [0.1, 0.15) is 24.8 Å². The molecule has 6 heteroatoms. The molecule has 0 amide bonds. The molecule has 1 saturated carbocycles. The Labute approximate surface area is 133 Å². The first-order chi connectivity index (χ1) is 11.1. The van der Waals surface area contributed by atoms with Gasteiger partial charge in [0.2, 0.25) is 0 Å². The van der Waals surface area contributed by atoms with Crippen LogP contribution in [-0.4, -0.2) is 17.5 Å². The Kier molecular flexibility index (Phi) is 4.23. The van der Waals surface area contributed by atoms with Crippen molar-refractivity contribution in [1.29, 1.82) is 0 Å². The molecule has 0 bridgehead atoms. The molecule has 0 saturated heterocycles. The number of pyridine rings is 1. The lowest BCUT2D eigenvalue weighted by atomic mass is 9.64. The molecule has 4 nitrogen and oxygen atoms in total. The fraction of sp³-hybridized carbons (Fsp3) is 0.294. The first kappa shape index (κ1) is 15.4. The van der Waals surface area contributed by atoms with E-state index in [1.165, 1.54) is 18.2 Å². The van der Waals surface area contributed by atoms with Crippen molar-refractivity contribution in [3.63, 3.8) is 0 Å². The zero-order chi connectivity index (χ0) is 16.3. The maximum atomic E-state index is 14.1. The zero-order valence-corrected chi connectivity index (χ0v) is 12.6. The summed E-state index contributed by atoms with van der Waals surface area (Å²) in [4.78, 5) is 8.37. The summed E-state index contributed by atoms with van der Waals surface area (Å²) in [6, 6.07) is 9.34. The molecule has 120 valence electrons. The highest BCUT2D eigenvalue weighted by atomic mass is 19.1. The molecule has 1 fully saturated rings. The molecule has 1 aromatic heterocycles. The van der Waals surface area contributed by atoms with Gasteiger partial charge in [-0.15, -0.1) is 0 Å². The van der Waals surface area contributed by atoms with Crippen molar-refractivity contribution in [3.05, 3.63) is 59.8 Å². The third-order valence-corrected chi connectivity index (χ3v) is 4.28. The molecular weight excluding hydrogens is 298 g/mol. The summed E-state index contributed by atoms with van der Waals surface area (Å²) in [7, 11) is 0. The van der Waals surface area contributed by atoms with E-state index in [9.17, 15) is 8.78 Å². The number of nitrogens with zero attached hydrogens (tertiary/aromatic N) is 2. The number of hydrogen-bond acceptors (Lipinski definition) is 2. The molecule has 1 aliphatic carbocycles. The maximum absolute atomic E-state index is 14.1. The number of hydrogen-bond donors (Lipinski definition) is 2. The van der Waals surface area contributed by atoms with E-state index >= 15 is 0 Å². The molecule has 3 rings (SSSR count). The summed E-state index contributed by atoms with van der Waals surface area (Å²) in [5.41, 5.74) is 5.38. The largest absolute Gasteiger partial charge is 0.370 e. The third kappa shape index (κ3) is 3.16. The highest BCUT2D eigenvalue weighted by Gasteiger charge is 2.42. The lowest BCUT2D eigenvalue weighted by Gasteiger charge is -2.41. The van der Waals surface area contributed by atoms with Crippen LogP contribution in [0.2, 0.25) is 0 Å². The zero-order valence-electron chi connectivity index (χ0n) is 12.6. The van der Waals surface area contributed by atoms with Gasteiger partial charge in [-0.2, -0.15) is 0 Å². The van der Waals surface area contributed by atoms with Crippen LogP contribution in [0.5, 0.6) is 0 Å². The number of nitrogens with one attached hydrogen (secondary N) is 1. The van der Waals surface area contributed by atoms with Gasteiger partial charge in [-0.25, -0.2) is 13.8 Å². The van der Waals surface area contributed by atoms with Crippen molar-refractivity contribution in [3.8, 4) is 0 Å². The number of halogens is 2. The van der Waals surface area contributed by atoms with E-state index in [2.05, 4.69) is 15.3 Å². The third-order valence-electron chi connectivity index (χ3n) is 4.28. The summed E-state index contributed by atoms with van der Waals surface area (Å²) in [6.45, 7) is 0.247. The minimum atomic E-state index is -0.605. The van der Waals surface area contributed by atoms with Crippen LogP contribution in [0.25, 0.3) is 0 Å². The number of rotatable bonds is 4. The Bertz CT molecular complexity index is 692. The summed E-state index contributed by atoms with van der Waals surface area (Å²) in [6.07, 6.45) is 3.96. The quantitative estimate of drug-likeness (QED) is 0.672. The number of aromatic nitrogens is 1. The smallest absolute Gasteiger partial charge is 0.194 e. The normalized spacial score (nSPS) is 16.7. The van der Waals surface area contributed by atoms with Crippen LogP contribution in [-0.2, 0) is 5.41 Å². The Morgan fingerprint density at radius 3 is 2.48 bits per heavy atom. The Morgan fingerprint density at radius 1 is 1.17 bits per heavy atom. The molecule has 0 atom stereocenters. The van der Waals surface area contributed by atoms with E-state index in [1.54, 1.807) is 18.3 Å². The molecule has 0 aliphatic heterocycles. The van der Waals surface area contributed by atoms with Crippen molar-refractivity contribution in [2.45, 2.75) is 24.7 Å². The van der Waals surface area contributed by atoms with Gasteiger partial charge in [0.05, 0.1) is 6.54 Å². The number of anilines is 1. The summed E-state index contributed by atoms with van der Waals surface area (Å²) in [5, 5.41) is 2.87. The van der Waals surface area contributed by atoms with Crippen molar-refractivity contribution >= 4 is 11.8 Å². The fourth-order valence-electron chi connectivity index (χ4n) is 2.94. The van der Waals surface area contributed by atoms with Crippen LogP contribution < -0.4 is 11.1 Å². The molecule has 3 N–H and O–H groups in total. The van der Waals surface area contributed by atoms with Crippen LogP contribution in [0.4, 0.5) is 14.6 Å². The van der Waals surface area contributed by atoms with E-state index < -0.39 is 17.0 Å². The Morgan fingerprint density at radius 2 is 1.91 bits per heavy atom. The highest BCUT2D eigenvalue weighted by Crippen LogP contribution is 2.45. The minimum absolute atomic E-state index is 0.126. The number of aliphatic imine (C=N–C) groups is 1. The van der Waals surface area contributed by atoms with E-state index in [0.717, 1.165) is 6.42 Å².